The summed E-state index contributed by atoms with van der Waals surface area (Å²) in [4.78, 5) is 1.15. The molecule has 2 rings (SSSR count). The molecule has 0 bridgehead atoms. The van der Waals surface area contributed by atoms with E-state index < -0.39 is 0 Å². The number of nitrogens with two attached hydrogens (primary N) is 1. The van der Waals surface area contributed by atoms with E-state index in [9.17, 15) is 0 Å². The third-order valence-corrected chi connectivity index (χ3v) is 4.14. The third kappa shape index (κ3) is 3.62. The summed E-state index contributed by atoms with van der Waals surface area (Å²) in [6.45, 7) is 6.45. The average molecular weight is 290 g/mol. The highest BCUT2D eigenvalue weighted by molar-refractivity contribution is 7.05. The molecule has 1 unspecified atom stereocenters. The van der Waals surface area contributed by atoms with Crippen LogP contribution in [0.25, 0.3) is 0 Å². The molecule has 0 radical (unpaired) electrons. The number of hydrazine groups is 1. The van der Waals surface area contributed by atoms with Crippen molar-refractivity contribution in [1.82, 2.24) is 15.0 Å². The van der Waals surface area contributed by atoms with Crippen LogP contribution in [-0.4, -0.2) is 9.59 Å². The molecule has 108 valence electrons. The van der Waals surface area contributed by atoms with Crippen LogP contribution in [0.15, 0.2) is 30.3 Å². The second-order valence-corrected chi connectivity index (χ2v) is 6.77. The summed E-state index contributed by atoms with van der Waals surface area (Å²) in [5.41, 5.74) is 5.27. The van der Waals surface area contributed by atoms with E-state index in [0.717, 1.165) is 23.4 Å². The lowest BCUT2D eigenvalue weighted by atomic mass is 9.89. The molecule has 0 spiro atoms. The Bertz CT molecular complexity index is 530. The molecule has 0 aliphatic carbocycles. The van der Waals surface area contributed by atoms with Gasteiger partial charge in [0.25, 0.3) is 0 Å². The fourth-order valence-corrected chi connectivity index (χ4v) is 3.15. The van der Waals surface area contributed by atoms with Crippen molar-refractivity contribution >= 4 is 11.5 Å². The molecule has 1 aromatic heterocycles. The van der Waals surface area contributed by atoms with Crippen LogP contribution in [0.4, 0.5) is 0 Å². The molecule has 1 aromatic carbocycles. The van der Waals surface area contributed by atoms with E-state index in [4.69, 9.17) is 5.84 Å². The van der Waals surface area contributed by atoms with Crippen molar-refractivity contribution in [1.29, 1.82) is 0 Å². The first-order valence-corrected chi connectivity index (χ1v) is 7.62. The largest absolute Gasteiger partial charge is 0.271 e. The van der Waals surface area contributed by atoms with E-state index >= 15 is 0 Å². The first-order valence-electron chi connectivity index (χ1n) is 6.85. The van der Waals surface area contributed by atoms with Crippen molar-refractivity contribution in [2.24, 2.45) is 5.84 Å². The Balaban J connectivity index is 2.11. The quantitative estimate of drug-likeness (QED) is 0.656. The van der Waals surface area contributed by atoms with Gasteiger partial charge in [-0.3, -0.25) is 11.3 Å². The third-order valence-electron chi connectivity index (χ3n) is 3.31. The maximum atomic E-state index is 5.74. The number of benzene rings is 1. The zero-order valence-corrected chi connectivity index (χ0v) is 13.1. The Morgan fingerprint density at radius 1 is 1.25 bits per heavy atom. The molecule has 0 amide bonds. The Labute approximate surface area is 124 Å². The van der Waals surface area contributed by atoms with Gasteiger partial charge in [0.05, 0.1) is 16.6 Å². The highest BCUT2D eigenvalue weighted by Gasteiger charge is 2.26. The van der Waals surface area contributed by atoms with Gasteiger partial charge in [0.1, 0.15) is 0 Å². The van der Waals surface area contributed by atoms with E-state index in [-0.39, 0.29) is 11.5 Å². The summed E-state index contributed by atoms with van der Waals surface area (Å²) >= 11 is 1.44. The van der Waals surface area contributed by atoms with E-state index in [1.807, 2.05) is 6.07 Å². The van der Waals surface area contributed by atoms with E-state index in [1.54, 1.807) is 0 Å². The second kappa shape index (κ2) is 6.43. The number of aromatic nitrogens is 2. The van der Waals surface area contributed by atoms with Gasteiger partial charge in [0.2, 0.25) is 0 Å². The lowest BCUT2D eigenvalue weighted by Gasteiger charge is -2.21. The van der Waals surface area contributed by atoms with E-state index in [0.29, 0.717) is 0 Å². The molecule has 1 heterocycles. The van der Waals surface area contributed by atoms with Crippen molar-refractivity contribution in [3.05, 3.63) is 46.5 Å². The Morgan fingerprint density at radius 2 is 1.95 bits per heavy atom. The molecule has 0 aliphatic rings. The highest BCUT2D eigenvalue weighted by atomic mass is 32.1. The van der Waals surface area contributed by atoms with Gasteiger partial charge in [-0.25, -0.2) is 0 Å². The number of hydrogen-bond acceptors (Lipinski definition) is 5. The molecule has 0 saturated carbocycles. The maximum Gasteiger partial charge on any atom is 0.0857 e. The molecule has 3 N–H and O–H groups in total. The molecule has 20 heavy (non-hydrogen) atoms. The van der Waals surface area contributed by atoms with Gasteiger partial charge >= 0.3 is 0 Å². The standard InChI is InChI=1S/C15H22N4S/c1-15(2,3)14-13(20-19-18-14)12(17-16)10-9-11-7-5-4-6-8-11/h4-8,12,17H,9-10,16H2,1-3H3. The molecule has 1 atom stereocenters. The molecule has 4 nitrogen and oxygen atoms in total. The Hall–Kier alpha value is -1.30. The van der Waals surface area contributed by atoms with Crippen LogP contribution in [0.3, 0.4) is 0 Å². The van der Waals surface area contributed by atoms with Gasteiger partial charge in [-0.1, -0.05) is 55.6 Å². The fourth-order valence-electron chi connectivity index (χ4n) is 2.19. The fraction of sp³-hybridized carbons (Fsp3) is 0.467. The number of nitrogens with zero attached hydrogens (tertiary/aromatic N) is 2. The minimum Gasteiger partial charge on any atom is -0.271 e. The van der Waals surface area contributed by atoms with Crippen LogP contribution < -0.4 is 11.3 Å². The van der Waals surface area contributed by atoms with Crippen LogP contribution in [0.5, 0.6) is 0 Å². The topological polar surface area (TPSA) is 63.8 Å². The van der Waals surface area contributed by atoms with Gasteiger partial charge < -0.3 is 0 Å². The van der Waals surface area contributed by atoms with Crippen molar-refractivity contribution in [2.45, 2.75) is 45.1 Å². The SMILES string of the molecule is CC(C)(C)c1nnsc1C(CCc1ccccc1)NN. The van der Waals surface area contributed by atoms with Gasteiger partial charge in [0.15, 0.2) is 0 Å². The van der Waals surface area contributed by atoms with Gasteiger partial charge in [-0.2, -0.15) is 0 Å². The zero-order chi connectivity index (χ0) is 14.6. The molecule has 5 heteroatoms. The van der Waals surface area contributed by atoms with Crippen molar-refractivity contribution in [3.8, 4) is 0 Å². The zero-order valence-electron chi connectivity index (χ0n) is 12.3. The van der Waals surface area contributed by atoms with E-state index in [2.05, 4.69) is 60.0 Å². The van der Waals surface area contributed by atoms with Crippen LogP contribution in [-0.2, 0) is 11.8 Å². The maximum absolute atomic E-state index is 5.74. The number of hydrogen-bond donors (Lipinski definition) is 2. The molecule has 0 saturated heterocycles. The predicted octanol–water partition coefficient (Wildman–Crippen LogP) is 2.97. The molecule has 0 aliphatic heterocycles. The van der Waals surface area contributed by atoms with Crippen LogP contribution in [0.2, 0.25) is 0 Å². The van der Waals surface area contributed by atoms with Crippen LogP contribution >= 0.6 is 11.5 Å². The first-order chi connectivity index (χ1) is 9.52. The lowest BCUT2D eigenvalue weighted by molar-refractivity contribution is 0.495. The number of nitrogens with one attached hydrogen (secondary N) is 1. The lowest BCUT2D eigenvalue weighted by Crippen LogP contribution is -2.30. The first kappa shape index (κ1) is 15.1. The van der Waals surface area contributed by atoms with Gasteiger partial charge in [-0.15, -0.1) is 5.10 Å². The molecule has 0 fully saturated rings. The summed E-state index contributed by atoms with van der Waals surface area (Å²) in [5, 5.41) is 4.28. The monoisotopic (exact) mass is 290 g/mol. The smallest absolute Gasteiger partial charge is 0.0857 e. The van der Waals surface area contributed by atoms with E-state index in [1.165, 1.54) is 17.1 Å². The minimum absolute atomic E-state index is 0.00974. The Morgan fingerprint density at radius 3 is 2.55 bits per heavy atom. The number of rotatable bonds is 5. The van der Waals surface area contributed by atoms with Gasteiger partial charge in [-0.05, 0) is 29.9 Å². The summed E-state index contributed by atoms with van der Waals surface area (Å²) in [7, 11) is 0. The van der Waals surface area contributed by atoms with Crippen molar-refractivity contribution < 1.29 is 0 Å². The summed E-state index contributed by atoms with van der Waals surface area (Å²) in [5.74, 6) is 5.74. The summed E-state index contributed by atoms with van der Waals surface area (Å²) < 4.78 is 4.11. The second-order valence-electron chi connectivity index (χ2n) is 5.98. The van der Waals surface area contributed by atoms with Crippen molar-refractivity contribution in [3.63, 3.8) is 0 Å². The highest BCUT2D eigenvalue weighted by Crippen LogP contribution is 2.31. The summed E-state index contributed by atoms with van der Waals surface area (Å²) in [6, 6.07) is 10.5. The minimum atomic E-state index is -0.00974. The number of aryl methyl sites for hydroxylation is 1. The normalized spacial score (nSPS) is 13.4. The average Bonchev–Trinajstić information content (AvgIpc) is 2.90. The van der Waals surface area contributed by atoms with Crippen LogP contribution in [0.1, 0.15) is 49.4 Å². The van der Waals surface area contributed by atoms with Crippen molar-refractivity contribution in [2.75, 3.05) is 0 Å². The summed E-state index contributed by atoms with van der Waals surface area (Å²) in [6.07, 6.45) is 1.92. The molecular weight excluding hydrogens is 268 g/mol. The molecule has 2 aromatic rings. The van der Waals surface area contributed by atoms with Gasteiger partial charge in [0, 0.05) is 5.41 Å². The predicted molar refractivity (Wildman–Crippen MR) is 83.4 cm³/mol. The molecular formula is C15H22N4S. The Kier molecular flexibility index (Phi) is 4.86. The van der Waals surface area contributed by atoms with Crippen LogP contribution in [0, 0.1) is 0 Å².